The van der Waals surface area contributed by atoms with E-state index in [-0.39, 0.29) is 0 Å². The van der Waals surface area contributed by atoms with Crippen molar-refractivity contribution < 1.29 is 0 Å². The normalized spacial score (nSPS) is 10.0. The second kappa shape index (κ2) is 2.67. The average molecular weight is 123 g/mol. The second-order valence-corrected chi connectivity index (χ2v) is 1.93. The molecule has 0 atom stereocenters. The van der Waals surface area contributed by atoms with E-state index in [4.69, 9.17) is 0 Å². The van der Waals surface area contributed by atoms with Crippen LogP contribution < -0.4 is 0 Å². The SMILES string of the molecule is [CH2]Cc1[nH]cnc1CC. The van der Waals surface area contributed by atoms with Gasteiger partial charge in [0.05, 0.1) is 12.0 Å². The molecule has 0 aliphatic rings. The van der Waals surface area contributed by atoms with Gasteiger partial charge in [-0.1, -0.05) is 6.92 Å². The Morgan fingerprint density at radius 1 is 1.78 bits per heavy atom. The molecule has 0 spiro atoms. The molecule has 0 aliphatic heterocycles. The summed E-state index contributed by atoms with van der Waals surface area (Å²) in [7, 11) is 0. The lowest BCUT2D eigenvalue weighted by molar-refractivity contribution is 1.01. The smallest absolute Gasteiger partial charge is 0.0925 e. The molecular formula is C7H11N2. The van der Waals surface area contributed by atoms with Crippen LogP contribution >= 0.6 is 0 Å². The van der Waals surface area contributed by atoms with Gasteiger partial charge < -0.3 is 4.98 Å². The topological polar surface area (TPSA) is 28.7 Å². The van der Waals surface area contributed by atoms with Gasteiger partial charge in [0.1, 0.15) is 0 Å². The standard InChI is InChI=1S/C7H11N2/c1-3-6-7(4-2)9-5-8-6/h5H,1,3-4H2,2H3,(H,8,9). The molecule has 0 aliphatic carbocycles. The Kier molecular flexibility index (Phi) is 1.88. The maximum atomic E-state index is 4.11. The van der Waals surface area contributed by atoms with Crippen LogP contribution in [0.1, 0.15) is 18.3 Å². The zero-order chi connectivity index (χ0) is 6.69. The van der Waals surface area contributed by atoms with Crippen molar-refractivity contribution in [1.82, 2.24) is 9.97 Å². The van der Waals surface area contributed by atoms with Crippen LogP contribution in [-0.2, 0) is 12.8 Å². The van der Waals surface area contributed by atoms with Gasteiger partial charge >= 0.3 is 0 Å². The summed E-state index contributed by atoms with van der Waals surface area (Å²) in [5, 5.41) is 0. The van der Waals surface area contributed by atoms with Crippen molar-refractivity contribution in [3.63, 3.8) is 0 Å². The predicted octanol–water partition coefficient (Wildman–Crippen LogP) is 1.35. The maximum Gasteiger partial charge on any atom is 0.0925 e. The van der Waals surface area contributed by atoms with Crippen LogP contribution in [0, 0.1) is 6.92 Å². The van der Waals surface area contributed by atoms with Gasteiger partial charge in [-0.2, -0.15) is 0 Å². The van der Waals surface area contributed by atoms with Crippen molar-refractivity contribution >= 4 is 0 Å². The number of nitrogens with zero attached hydrogens (tertiary/aromatic N) is 1. The van der Waals surface area contributed by atoms with Gasteiger partial charge in [-0.05, 0) is 19.8 Å². The molecule has 0 aromatic carbocycles. The first kappa shape index (κ1) is 6.33. The van der Waals surface area contributed by atoms with Crippen molar-refractivity contribution in [1.29, 1.82) is 0 Å². The predicted molar refractivity (Wildman–Crippen MR) is 37.0 cm³/mol. The largest absolute Gasteiger partial charge is 0.348 e. The van der Waals surface area contributed by atoms with E-state index >= 15 is 0 Å². The molecule has 1 aromatic heterocycles. The molecule has 9 heavy (non-hydrogen) atoms. The van der Waals surface area contributed by atoms with Gasteiger partial charge in [0.15, 0.2) is 0 Å². The molecule has 49 valence electrons. The van der Waals surface area contributed by atoms with Crippen molar-refractivity contribution in [2.24, 2.45) is 0 Å². The zero-order valence-electron chi connectivity index (χ0n) is 5.65. The third-order valence-electron chi connectivity index (χ3n) is 1.39. The number of aryl methyl sites for hydroxylation is 1. The second-order valence-electron chi connectivity index (χ2n) is 1.93. The average Bonchev–Trinajstić information content (AvgIpc) is 2.33. The van der Waals surface area contributed by atoms with Crippen LogP contribution in [-0.4, -0.2) is 9.97 Å². The first-order chi connectivity index (χ1) is 4.38. The van der Waals surface area contributed by atoms with Crippen LogP contribution in [0.15, 0.2) is 6.33 Å². The summed E-state index contributed by atoms with van der Waals surface area (Å²) >= 11 is 0. The van der Waals surface area contributed by atoms with E-state index in [0.717, 1.165) is 24.2 Å². The Morgan fingerprint density at radius 2 is 2.56 bits per heavy atom. The van der Waals surface area contributed by atoms with Crippen LogP contribution in [0.2, 0.25) is 0 Å². The number of aromatic amines is 1. The highest BCUT2D eigenvalue weighted by molar-refractivity contribution is 5.11. The van der Waals surface area contributed by atoms with E-state index in [9.17, 15) is 0 Å². The molecular weight excluding hydrogens is 112 g/mol. The number of hydrogen-bond acceptors (Lipinski definition) is 1. The Balaban J connectivity index is 2.85. The van der Waals surface area contributed by atoms with Crippen molar-refractivity contribution in [3.05, 3.63) is 24.6 Å². The van der Waals surface area contributed by atoms with Gasteiger partial charge in [0.25, 0.3) is 0 Å². The van der Waals surface area contributed by atoms with E-state index in [0.29, 0.717) is 0 Å². The van der Waals surface area contributed by atoms with Crippen molar-refractivity contribution in [3.8, 4) is 0 Å². The lowest BCUT2D eigenvalue weighted by atomic mass is 10.2. The molecule has 0 unspecified atom stereocenters. The number of H-pyrrole nitrogens is 1. The Morgan fingerprint density at radius 3 is 3.00 bits per heavy atom. The highest BCUT2D eigenvalue weighted by atomic mass is 14.9. The Hall–Kier alpha value is -0.790. The third kappa shape index (κ3) is 1.12. The Bertz CT molecular complexity index is 160. The fourth-order valence-electron chi connectivity index (χ4n) is 0.870. The van der Waals surface area contributed by atoms with Gasteiger partial charge in [0, 0.05) is 5.69 Å². The molecule has 2 heteroatoms. The van der Waals surface area contributed by atoms with Crippen LogP contribution in [0.5, 0.6) is 0 Å². The lowest BCUT2D eigenvalue weighted by Crippen LogP contribution is -1.87. The van der Waals surface area contributed by atoms with Crippen LogP contribution in [0.25, 0.3) is 0 Å². The van der Waals surface area contributed by atoms with Gasteiger partial charge in [-0.15, -0.1) is 0 Å². The minimum Gasteiger partial charge on any atom is -0.348 e. The third-order valence-corrected chi connectivity index (χ3v) is 1.39. The minimum atomic E-state index is 0.809. The van der Waals surface area contributed by atoms with E-state index in [1.165, 1.54) is 0 Å². The number of aromatic nitrogens is 2. The molecule has 0 fully saturated rings. The van der Waals surface area contributed by atoms with E-state index < -0.39 is 0 Å². The molecule has 2 nitrogen and oxygen atoms in total. The highest BCUT2D eigenvalue weighted by Crippen LogP contribution is 2.02. The lowest BCUT2D eigenvalue weighted by Gasteiger charge is -1.91. The Labute approximate surface area is 55.3 Å². The minimum absolute atomic E-state index is 0.809. The van der Waals surface area contributed by atoms with Gasteiger partial charge in [-0.25, -0.2) is 4.98 Å². The molecule has 0 amide bonds. The molecule has 1 radical (unpaired) electrons. The summed E-state index contributed by atoms with van der Waals surface area (Å²) in [5.41, 5.74) is 2.31. The molecule has 1 N–H and O–H groups in total. The summed E-state index contributed by atoms with van der Waals surface area (Å²) < 4.78 is 0. The maximum absolute atomic E-state index is 4.11. The number of rotatable bonds is 2. The van der Waals surface area contributed by atoms with E-state index in [1.807, 2.05) is 0 Å². The highest BCUT2D eigenvalue weighted by Gasteiger charge is 1.97. The number of imidazole rings is 1. The summed E-state index contributed by atoms with van der Waals surface area (Å²) in [6.07, 6.45) is 3.52. The summed E-state index contributed by atoms with van der Waals surface area (Å²) in [4.78, 5) is 7.14. The fraction of sp³-hybridized carbons (Fsp3) is 0.429. The molecule has 1 heterocycles. The fourth-order valence-corrected chi connectivity index (χ4v) is 0.870. The van der Waals surface area contributed by atoms with Crippen molar-refractivity contribution in [2.45, 2.75) is 19.8 Å². The first-order valence-electron chi connectivity index (χ1n) is 3.18. The number of nitrogens with one attached hydrogen (secondary N) is 1. The summed E-state index contributed by atoms with van der Waals surface area (Å²) in [6.45, 7) is 5.86. The molecule has 0 bridgehead atoms. The molecule has 1 aromatic rings. The van der Waals surface area contributed by atoms with Gasteiger partial charge in [-0.3, -0.25) is 0 Å². The van der Waals surface area contributed by atoms with Crippen molar-refractivity contribution in [2.75, 3.05) is 0 Å². The van der Waals surface area contributed by atoms with E-state index in [2.05, 4.69) is 23.8 Å². The van der Waals surface area contributed by atoms with E-state index in [1.54, 1.807) is 6.33 Å². The molecule has 0 saturated heterocycles. The summed E-state index contributed by atoms with van der Waals surface area (Å²) in [6, 6.07) is 0. The van der Waals surface area contributed by atoms with Crippen LogP contribution in [0.4, 0.5) is 0 Å². The molecule has 1 rings (SSSR count). The van der Waals surface area contributed by atoms with Crippen LogP contribution in [0.3, 0.4) is 0 Å². The first-order valence-corrected chi connectivity index (χ1v) is 3.18. The zero-order valence-corrected chi connectivity index (χ0v) is 5.65. The summed E-state index contributed by atoms with van der Waals surface area (Å²) in [5.74, 6) is 0. The van der Waals surface area contributed by atoms with Gasteiger partial charge in [0.2, 0.25) is 0 Å². The number of hydrogen-bond donors (Lipinski definition) is 1. The monoisotopic (exact) mass is 123 g/mol. The quantitative estimate of drug-likeness (QED) is 0.631. The molecule has 0 saturated carbocycles.